The van der Waals surface area contributed by atoms with E-state index in [1.54, 1.807) is 25.1 Å². The summed E-state index contributed by atoms with van der Waals surface area (Å²) < 4.78 is 94.5. The maximum atomic E-state index is 13.1. The molecule has 0 aliphatic heterocycles. The number of amides is 1. The Morgan fingerprint density at radius 2 is 1.32 bits per heavy atom. The summed E-state index contributed by atoms with van der Waals surface area (Å²) in [6.07, 6.45) is -4.77. The number of nitrogens with one attached hydrogen (secondary N) is 3. The normalized spacial score (nSPS) is 12.0. The average molecular weight is 624 g/mol. The molecule has 0 unspecified atom stereocenters. The monoisotopic (exact) mass is 623 g/mol. The van der Waals surface area contributed by atoms with Gasteiger partial charge in [-0.2, -0.15) is 13.2 Å². The van der Waals surface area contributed by atoms with Crippen LogP contribution in [-0.4, -0.2) is 22.7 Å². The fraction of sp³-hybridized carbons (Fsp3) is 0.0741. The van der Waals surface area contributed by atoms with Crippen molar-refractivity contribution >= 4 is 54.6 Å². The van der Waals surface area contributed by atoms with E-state index in [1.165, 1.54) is 54.6 Å². The van der Waals surface area contributed by atoms with Crippen molar-refractivity contribution in [3.63, 3.8) is 0 Å². The Hall–Kier alpha value is -4.07. The number of halogens is 4. The average Bonchev–Trinajstić information content (AvgIpc) is 2.91. The van der Waals surface area contributed by atoms with E-state index in [1.807, 2.05) is 0 Å². The van der Waals surface area contributed by atoms with Crippen LogP contribution in [0.1, 0.15) is 21.5 Å². The highest BCUT2D eigenvalue weighted by atomic mass is 35.5. The summed E-state index contributed by atoms with van der Waals surface area (Å²) in [5.41, 5.74) is -0.285. The number of anilines is 3. The van der Waals surface area contributed by atoms with Gasteiger partial charge in [0.2, 0.25) is 0 Å². The minimum atomic E-state index is -4.77. The van der Waals surface area contributed by atoms with E-state index in [0.717, 1.165) is 12.1 Å². The third-order valence-electron chi connectivity index (χ3n) is 5.73. The number of benzene rings is 4. The number of alkyl halides is 3. The van der Waals surface area contributed by atoms with Gasteiger partial charge in [0.1, 0.15) is 0 Å². The van der Waals surface area contributed by atoms with Gasteiger partial charge < -0.3 is 5.32 Å². The van der Waals surface area contributed by atoms with Crippen LogP contribution in [-0.2, 0) is 26.2 Å². The van der Waals surface area contributed by atoms with Gasteiger partial charge in [-0.25, -0.2) is 16.8 Å². The second kappa shape index (κ2) is 11.4. The van der Waals surface area contributed by atoms with Crippen molar-refractivity contribution in [2.24, 2.45) is 0 Å². The van der Waals surface area contributed by atoms with E-state index in [2.05, 4.69) is 14.8 Å². The van der Waals surface area contributed by atoms with Crippen molar-refractivity contribution in [3.05, 3.63) is 113 Å². The van der Waals surface area contributed by atoms with Crippen LogP contribution in [0.15, 0.2) is 101 Å². The Labute approximate surface area is 239 Å². The lowest BCUT2D eigenvalue weighted by Crippen LogP contribution is -2.16. The van der Waals surface area contributed by atoms with E-state index in [4.69, 9.17) is 11.6 Å². The Kier molecular flexibility index (Phi) is 8.34. The van der Waals surface area contributed by atoms with Gasteiger partial charge in [-0.15, -0.1) is 0 Å². The maximum absolute atomic E-state index is 13.1. The third-order valence-corrected chi connectivity index (χ3v) is 8.84. The van der Waals surface area contributed by atoms with Crippen LogP contribution in [0.5, 0.6) is 0 Å². The molecule has 14 heteroatoms. The van der Waals surface area contributed by atoms with Gasteiger partial charge in [0.05, 0.1) is 26.1 Å². The van der Waals surface area contributed by atoms with Crippen molar-refractivity contribution in [2.45, 2.75) is 22.9 Å². The van der Waals surface area contributed by atoms with Crippen LogP contribution in [0.4, 0.5) is 30.2 Å². The molecule has 0 heterocycles. The minimum Gasteiger partial charge on any atom is -0.322 e. The third kappa shape index (κ3) is 7.17. The number of rotatable bonds is 8. The fourth-order valence-corrected chi connectivity index (χ4v) is 6.09. The van der Waals surface area contributed by atoms with Crippen molar-refractivity contribution in [2.75, 3.05) is 14.8 Å². The SMILES string of the molecule is Cc1cc(C(=O)Nc2ccc(S(=O)(=O)Nc3ccc(Cl)c(C(F)(F)F)c3)cc2)ccc1NS(=O)(=O)c1ccccc1. The topological polar surface area (TPSA) is 121 Å². The molecule has 4 rings (SSSR count). The first-order valence-electron chi connectivity index (χ1n) is 11.7. The first-order valence-corrected chi connectivity index (χ1v) is 15.0. The van der Waals surface area contributed by atoms with E-state index >= 15 is 0 Å². The Morgan fingerprint density at radius 1 is 0.732 bits per heavy atom. The van der Waals surface area contributed by atoms with Crippen molar-refractivity contribution in [1.29, 1.82) is 0 Å². The molecule has 4 aromatic carbocycles. The number of sulfonamides is 2. The predicted molar refractivity (Wildman–Crippen MR) is 150 cm³/mol. The van der Waals surface area contributed by atoms with Crippen molar-refractivity contribution in [3.8, 4) is 0 Å². The first kappa shape index (κ1) is 29.9. The first-order chi connectivity index (χ1) is 19.2. The van der Waals surface area contributed by atoms with Gasteiger partial charge in [0.15, 0.2) is 0 Å². The highest BCUT2D eigenvalue weighted by Crippen LogP contribution is 2.36. The van der Waals surface area contributed by atoms with Gasteiger partial charge >= 0.3 is 6.18 Å². The Morgan fingerprint density at radius 3 is 1.93 bits per heavy atom. The minimum absolute atomic E-state index is 0.0844. The highest BCUT2D eigenvalue weighted by molar-refractivity contribution is 7.93. The second-order valence-corrected chi connectivity index (χ2v) is 12.5. The lowest BCUT2D eigenvalue weighted by molar-refractivity contribution is -0.137. The molecule has 0 fully saturated rings. The van der Waals surface area contributed by atoms with Crippen LogP contribution in [0.25, 0.3) is 0 Å². The number of carbonyl (C=O) groups is 1. The quantitative estimate of drug-likeness (QED) is 0.206. The summed E-state index contributed by atoms with van der Waals surface area (Å²) in [5, 5.41) is 2.03. The largest absolute Gasteiger partial charge is 0.417 e. The summed E-state index contributed by atoms with van der Waals surface area (Å²) in [4.78, 5) is 12.6. The molecule has 0 saturated carbocycles. The molecule has 8 nitrogen and oxygen atoms in total. The molecule has 0 bridgehead atoms. The molecule has 0 spiro atoms. The summed E-state index contributed by atoms with van der Waals surface area (Å²) in [5.74, 6) is -0.542. The Bertz CT molecular complexity index is 1820. The van der Waals surface area contributed by atoms with Gasteiger partial charge in [0, 0.05) is 16.9 Å². The van der Waals surface area contributed by atoms with Crippen molar-refractivity contribution in [1.82, 2.24) is 0 Å². The zero-order chi connectivity index (χ0) is 30.0. The molecule has 4 aromatic rings. The molecule has 0 aromatic heterocycles. The molecule has 0 aliphatic rings. The van der Waals surface area contributed by atoms with Gasteiger partial charge in [-0.05, 0) is 85.3 Å². The summed E-state index contributed by atoms with van der Waals surface area (Å²) in [7, 11) is -8.09. The fourth-order valence-electron chi connectivity index (χ4n) is 3.66. The number of aryl methyl sites for hydroxylation is 1. The number of carbonyl (C=O) groups excluding carboxylic acids is 1. The molecule has 0 radical (unpaired) electrons. The molecule has 1 amide bonds. The standard InChI is InChI=1S/C27H21ClF3N3O5S2/c1-17-15-18(7-14-25(17)34-41(38,39)21-5-3-2-4-6-21)26(35)32-19-8-11-22(12-9-19)40(36,37)33-20-10-13-24(28)23(16-20)27(29,30)31/h2-16,33-34H,1H3,(H,32,35). The van der Waals surface area contributed by atoms with Crippen LogP contribution in [0.3, 0.4) is 0 Å². The number of hydrogen-bond acceptors (Lipinski definition) is 5. The zero-order valence-electron chi connectivity index (χ0n) is 21.0. The van der Waals surface area contributed by atoms with Gasteiger partial charge in [0.25, 0.3) is 26.0 Å². The van der Waals surface area contributed by atoms with E-state index in [-0.39, 0.29) is 32.4 Å². The molecule has 41 heavy (non-hydrogen) atoms. The predicted octanol–water partition coefficient (Wildman–Crippen LogP) is 6.52. The Balaban J connectivity index is 1.44. The summed E-state index contributed by atoms with van der Waals surface area (Å²) >= 11 is 5.58. The summed E-state index contributed by atoms with van der Waals surface area (Å²) in [6, 6.07) is 19.8. The highest BCUT2D eigenvalue weighted by Gasteiger charge is 2.33. The van der Waals surface area contributed by atoms with Crippen molar-refractivity contribution < 1.29 is 34.8 Å². The van der Waals surface area contributed by atoms with E-state index in [9.17, 15) is 34.8 Å². The van der Waals surface area contributed by atoms with Crippen LogP contribution in [0, 0.1) is 6.92 Å². The van der Waals surface area contributed by atoms with E-state index < -0.39 is 42.7 Å². The van der Waals surface area contributed by atoms with Gasteiger partial charge in [-0.1, -0.05) is 29.8 Å². The van der Waals surface area contributed by atoms with E-state index in [0.29, 0.717) is 11.6 Å². The second-order valence-electron chi connectivity index (χ2n) is 8.72. The lowest BCUT2D eigenvalue weighted by atomic mass is 10.1. The lowest BCUT2D eigenvalue weighted by Gasteiger charge is -2.13. The number of hydrogen-bond donors (Lipinski definition) is 3. The molecule has 3 N–H and O–H groups in total. The molecule has 0 aliphatic carbocycles. The molecular formula is C27H21ClF3N3O5S2. The molecule has 0 saturated heterocycles. The molecule has 214 valence electrons. The molecular weight excluding hydrogens is 603 g/mol. The zero-order valence-corrected chi connectivity index (χ0v) is 23.4. The maximum Gasteiger partial charge on any atom is 0.417 e. The van der Waals surface area contributed by atoms with Crippen LogP contribution >= 0.6 is 11.6 Å². The van der Waals surface area contributed by atoms with Crippen LogP contribution in [0.2, 0.25) is 5.02 Å². The van der Waals surface area contributed by atoms with Crippen LogP contribution < -0.4 is 14.8 Å². The van der Waals surface area contributed by atoms with Gasteiger partial charge in [-0.3, -0.25) is 14.2 Å². The smallest absolute Gasteiger partial charge is 0.322 e. The summed E-state index contributed by atoms with van der Waals surface area (Å²) in [6.45, 7) is 1.63. The molecule has 0 atom stereocenters.